The molecule has 4 aromatic rings. The van der Waals surface area contributed by atoms with Crippen molar-refractivity contribution in [1.82, 2.24) is 20.1 Å². The first-order valence-electron chi connectivity index (χ1n) is 18.2. The van der Waals surface area contributed by atoms with Gasteiger partial charge in [-0.1, -0.05) is 24.3 Å². The van der Waals surface area contributed by atoms with E-state index >= 15 is 0 Å². The maximum atomic E-state index is 14.7. The molecule has 7 aliphatic heterocycles. The molecule has 1 spiro atoms. The van der Waals surface area contributed by atoms with Gasteiger partial charge in [-0.05, 0) is 56.5 Å². The number of benzene rings is 3. The normalized spacial score (nSPS) is 30.3. The summed E-state index contributed by atoms with van der Waals surface area (Å²) in [6, 6.07) is 10.7. The lowest BCUT2D eigenvalue weighted by atomic mass is 9.71. The summed E-state index contributed by atoms with van der Waals surface area (Å²) in [4.78, 5) is 22.8. The predicted molar refractivity (Wildman–Crippen MR) is 197 cm³/mol. The lowest BCUT2D eigenvalue weighted by Gasteiger charge is -2.61. The van der Waals surface area contributed by atoms with Crippen molar-refractivity contribution in [3.63, 3.8) is 0 Å². The molecule has 7 aliphatic rings. The Balaban J connectivity index is 1.24. The first-order chi connectivity index (χ1) is 25.7. The van der Waals surface area contributed by atoms with Crippen molar-refractivity contribution in [3.05, 3.63) is 75.0 Å². The number of phenols is 2. The van der Waals surface area contributed by atoms with Crippen LogP contribution >= 0.6 is 11.8 Å². The number of hydrogen-bond donors (Lipinski definition) is 4. The van der Waals surface area contributed by atoms with E-state index in [2.05, 4.69) is 38.3 Å². The van der Waals surface area contributed by atoms with Gasteiger partial charge in [0.25, 0.3) is 0 Å². The van der Waals surface area contributed by atoms with Crippen LogP contribution in [0.1, 0.15) is 62.0 Å². The zero-order valence-electron chi connectivity index (χ0n) is 30.0. The minimum Gasteiger partial charge on any atom is -0.507 e. The molecule has 11 rings (SSSR count). The van der Waals surface area contributed by atoms with Crippen LogP contribution in [0.15, 0.2) is 30.3 Å². The fourth-order valence-electron chi connectivity index (χ4n) is 10.5. The molecule has 7 atom stereocenters. The number of aromatic amines is 1. The molecule has 2 saturated heterocycles. The number of H-pyrrole nitrogens is 1. The van der Waals surface area contributed by atoms with Gasteiger partial charge >= 0.3 is 0 Å². The number of phenolic OH excluding ortho intramolecular Hbond substituents is 2. The fourth-order valence-corrected chi connectivity index (χ4v) is 12.3. The van der Waals surface area contributed by atoms with Gasteiger partial charge in [-0.15, -0.1) is 11.8 Å². The summed E-state index contributed by atoms with van der Waals surface area (Å²) < 4.78 is 24.5. The average Bonchev–Trinajstić information content (AvgIpc) is 3.79. The van der Waals surface area contributed by atoms with Crippen molar-refractivity contribution in [3.8, 4) is 34.8 Å². The largest absolute Gasteiger partial charge is 0.507 e. The molecule has 4 N–H and O–H groups in total. The second-order valence-electron chi connectivity index (χ2n) is 15.2. The van der Waals surface area contributed by atoms with Crippen LogP contribution in [-0.4, -0.2) is 95.4 Å². The van der Waals surface area contributed by atoms with Crippen molar-refractivity contribution in [2.75, 3.05) is 46.5 Å². The summed E-state index contributed by atoms with van der Waals surface area (Å²) >= 11 is 1.59. The monoisotopic (exact) mass is 735 g/mol. The van der Waals surface area contributed by atoms with Gasteiger partial charge < -0.3 is 34.1 Å². The lowest BCUT2D eigenvalue weighted by Crippen LogP contribution is -2.69. The molecular weight excluding hydrogens is 695 g/mol. The smallest absolute Gasteiger partial charge is 0.231 e. The number of likely N-dealkylation sites (N-methyl/N-ethyl adjacent to an activating group) is 1. The Morgan fingerprint density at radius 2 is 1.92 bits per heavy atom. The molecule has 53 heavy (non-hydrogen) atoms. The molecule has 2 fully saturated rings. The van der Waals surface area contributed by atoms with Gasteiger partial charge in [-0.25, -0.2) is 0 Å². The highest BCUT2D eigenvalue weighted by molar-refractivity contribution is 7.99. The summed E-state index contributed by atoms with van der Waals surface area (Å²) in [6.45, 7) is 4.28. The van der Waals surface area contributed by atoms with Crippen LogP contribution in [0.3, 0.4) is 0 Å². The highest BCUT2D eigenvalue weighted by Gasteiger charge is 2.61. The summed E-state index contributed by atoms with van der Waals surface area (Å²) in [5.74, 6) is 1.88. The van der Waals surface area contributed by atoms with E-state index in [4.69, 9.17) is 18.9 Å². The van der Waals surface area contributed by atoms with E-state index in [-0.39, 0.29) is 43.3 Å². The first kappa shape index (κ1) is 33.1. The average molecular weight is 736 g/mol. The summed E-state index contributed by atoms with van der Waals surface area (Å²) in [7, 11) is 3.60. The number of nitriles is 1. The Morgan fingerprint density at radius 3 is 2.74 bits per heavy atom. The summed E-state index contributed by atoms with van der Waals surface area (Å²) in [5, 5.41) is 39.7. The number of aromatic nitrogens is 1. The molecule has 0 saturated carbocycles. The number of aryl methyl sites for hydroxylation is 1. The molecule has 13 heteroatoms. The van der Waals surface area contributed by atoms with Gasteiger partial charge in [0.2, 0.25) is 6.79 Å². The van der Waals surface area contributed by atoms with Crippen LogP contribution in [0.5, 0.6) is 28.7 Å². The van der Waals surface area contributed by atoms with Gasteiger partial charge in [0.1, 0.15) is 23.9 Å². The van der Waals surface area contributed by atoms with E-state index in [1.807, 2.05) is 39.1 Å². The van der Waals surface area contributed by atoms with E-state index in [1.165, 1.54) is 0 Å². The highest BCUT2D eigenvalue weighted by Crippen LogP contribution is 2.64. The topological polar surface area (TPSA) is 153 Å². The minimum atomic E-state index is -1.11. The van der Waals surface area contributed by atoms with Crippen LogP contribution in [0.25, 0.3) is 10.9 Å². The number of rotatable bonds is 1. The van der Waals surface area contributed by atoms with E-state index in [9.17, 15) is 20.3 Å². The van der Waals surface area contributed by atoms with Crippen LogP contribution < -0.4 is 19.5 Å². The van der Waals surface area contributed by atoms with Crippen molar-refractivity contribution in [2.45, 2.75) is 67.7 Å². The third-order valence-electron chi connectivity index (χ3n) is 12.8. The third-order valence-corrected chi connectivity index (χ3v) is 14.3. The van der Waals surface area contributed by atoms with Gasteiger partial charge in [0, 0.05) is 63.2 Å². The highest BCUT2D eigenvalue weighted by atomic mass is 32.2. The molecule has 12 nitrogen and oxygen atoms in total. The Morgan fingerprint density at radius 1 is 1.11 bits per heavy atom. The number of aromatic hydroxyl groups is 2. The number of carbonyl (C=O) groups excluding carboxylic acids is 1. The number of piperazine rings is 1. The zero-order chi connectivity index (χ0) is 36.5. The number of carbonyl (C=O) groups is 1. The zero-order valence-corrected chi connectivity index (χ0v) is 30.8. The SMILES string of the molecule is COc1c(C)cc2c(c1O)[C@H]1C3[C@@H]4SC[C@]5(NCCc6c5[nH]c5ccccc65)C(=O)COC[C@H](c5c6c(c(C)c(O)c54)OCO6)N3[C@@H](C#N)[C@H](C2)N1C. The van der Waals surface area contributed by atoms with E-state index in [0.717, 1.165) is 50.8 Å². The van der Waals surface area contributed by atoms with Crippen LogP contribution in [0.2, 0.25) is 0 Å². The second kappa shape index (κ2) is 11.8. The number of methoxy groups -OCH3 is 1. The standard InChI is InChI=1S/C40H41N5O7S/c1-18-11-20-12-24-25(13-41)45-26-14-50-15-27(46)40(39-22(9-10-42-40)21-7-5-6-8-23(21)43-39)16-53-38(30-29(26)37-36(51-17-52-37)19(2)33(30)47)32(45)31(44(24)3)28(20)34(48)35(18)49-4/h5-8,11,24-26,31-32,38,42-43,47-48H,9-10,12,14-17H2,1-4H3/t24-,25-,26+,31-,32?,38+,40-/m0/s1. The van der Waals surface area contributed by atoms with Crippen molar-refractivity contribution in [1.29, 1.82) is 5.26 Å². The molecule has 4 bridgehead atoms. The van der Waals surface area contributed by atoms with Crippen molar-refractivity contribution >= 4 is 28.4 Å². The third kappa shape index (κ3) is 4.30. The van der Waals surface area contributed by atoms with E-state index in [1.54, 1.807) is 18.9 Å². The fraction of sp³-hybridized carbons (Fsp3) is 0.450. The molecule has 0 radical (unpaired) electrons. The molecule has 0 aliphatic carbocycles. The number of Topliss-reactive ketones (excluding diaryl/α,β-unsaturated/α-hetero) is 1. The maximum absolute atomic E-state index is 14.7. The predicted octanol–water partition coefficient (Wildman–Crippen LogP) is 4.58. The van der Waals surface area contributed by atoms with Gasteiger partial charge in [-0.2, -0.15) is 5.26 Å². The van der Waals surface area contributed by atoms with Crippen molar-refractivity contribution in [2.24, 2.45) is 0 Å². The Bertz CT molecular complexity index is 2290. The number of ketones is 1. The van der Waals surface area contributed by atoms with Crippen LogP contribution in [0, 0.1) is 25.2 Å². The molecule has 1 aromatic heterocycles. The number of nitrogens with zero attached hydrogens (tertiary/aromatic N) is 3. The van der Waals surface area contributed by atoms with Crippen molar-refractivity contribution < 1.29 is 34.0 Å². The molecule has 1 unspecified atom stereocenters. The summed E-state index contributed by atoms with van der Waals surface area (Å²) in [6.07, 6.45) is 1.31. The number of thioether (sulfide) groups is 1. The molecule has 0 amide bonds. The lowest BCUT2D eigenvalue weighted by molar-refractivity contribution is -0.132. The van der Waals surface area contributed by atoms with Gasteiger partial charge in [-0.3, -0.25) is 19.9 Å². The number of fused-ring (bicyclic) bond motifs is 12. The second-order valence-corrected chi connectivity index (χ2v) is 16.3. The van der Waals surface area contributed by atoms with E-state index in [0.29, 0.717) is 47.1 Å². The number of nitrogens with one attached hydrogen (secondary N) is 2. The first-order valence-corrected chi connectivity index (χ1v) is 19.3. The van der Waals surface area contributed by atoms with Gasteiger partial charge in [0.05, 0.1) is 37.1 Å². The van der Waals surface area contributed by atoms with Crippen LogP contribution in [-0.2, 0) is 27.9 Å². The molecular formula is C40H41N5O7S. The number of ether oxygens (including phenoxy) is 4. The Labute approximate surface area is 310 Å². The number of hydrogen-bond acceptors (Lipinski definition) is 12. The van der Waals surface area contributed by atoms with Crippen LogP contribution in [0.4, 0.5) is 0 Å². The molecule has 8 heterocycles. The summed E-state index contributed by atoms with van der Waals surface area (Å²) in [5.41, 5.74) is 6.40. The molecule has 3 aromatic carbocycles. The van der Waals surface area contributed by atoms with Gasteiger partial charge in [0.15, 0.2) is 28.8 Å². The number of para-hydroxylation sites is 1. The quantitative estimate of drug-likeness (QED) is 0.217. The minimum absolute atomic E-state index is 0.00557. The Hall–Kier alpha value is -4.45. The van der Waals surface area contributed by atoms with E-state index < -0.39 is 35.0 Å². The maximum Gasteiger partial charge on any atom is 0.231 e. The Kier molecular flexibility index (Phi) is 7.36. The molecule has 274 valence electrons.